The SMILES string of the molecule is Cc1ccccc1S(=O)(=O)N[C@@H](Cc1ccc([N+](=O)[O-])cc1)C(=O)N[C@@H](Cc1ccc(F)cc1)C(=O)O. The summed E-state index contributed by atoms with van der Waals surface area (Å²) in [6.07, 6.45) is -0.381. The number of hydrogen-bond donors (Lipinski definition) is 3. The van der Waals surface area contributed by atoms with E-state index >= 15 is 0 Å². The molecule has 37 heavy (non-hydrogen) atoms. The van der Waals surface area contributed by atoms with Crippen molar-refractivity contribution in [1.29, 1.82) is 0 Å². The second-order valence-electron chi connectivity index (χ2n) is 8.30. The van der Waals surface area contributed by atoms with Gasteiger partial charge in [0.05, 0.1) is 9.82 Å². The molecule has 0 radical (unpaired) electrons. The molecule has 0 saturated carbocycles. The molecule has 10 nitrogen and oxygen atoms in total. The Morgan fingerprint density at radius 2 is 1.49 bits per heavy atom. The molecule has 0 bridgehead atoms. The number of halogens is 1. The number of carbonyl (C=O) groups is 2. The van der Waals surface area contributed by atoms with Crippen molar-refractivity contribution in [1.82, 2.24) is 10.0 Å². The standard InChI is InChI=1S/C25H24FN3O7S/c1-16-4-2-3-5-23(16)37(35,36)28-21(14-18-8-12-20(13-9-18)29(33)34)24(30)27-22(25(31)32)15-17-6-10-19(26)11-7-17/h2-13,21-22,28H,14-15H2,1H3,(H,27,30)(H,31,32)/t21-,22-/m0/s1. The van der Waals surface area contributed by atoms with Crippen LogP contribution < -0.4 is 10.0 Å². The van der Waals surface area contributed by atoms with Crippen LogP contribution in [-0.4, -0.2) is 42.4 Å². The molecule has 3 rings (SSSR count). The number of carboxylic acids is 1. The molecular formula is C25H24FN3O7S. The maximum Gasteiger partial charge on any atom is 0.326 e. The number of benzene rings is 3. The molecule has 194 valence electrons. The van der Waals surface area contributed by atoms with E-state index in [0.717, 1.165) is 12.1 Å². The predicted molar refractivity (Wildman–Crippen MR) is 132 cm³/mol. The molecule has 3 aromatic carbocycles. The summed E-state index contributed by atoms with van der Waals surface area (Å²) in [6, 6.07) is 13.5. The largest absolute Gasteiger partial charge is 0.480 e. The first kappa shape index (κ1) is 27.4. The quantitative estimate of drug-likeness (QED) is 0.255. The molecule has 2 atom stereocenters. The summed E-state index contributed by atoms with van der Waals surface area (Å²) < 4.78 is 41.8. The van der Waals surface area contributed by atoms with Gasteiger partial charge >= 0.3 is 5.97 Å². The van der Waals surface area contributed by atoms with Gasteiger partial charge in [0.25, 0.3) is 5.69 Å². The highest BCUT2D eigenvalue weighted by molar-refractivity contribution is 7.89. The van der Waals surface area contributed by atoms with E-state index in [-0.39, 0.29) is 23.4 Å². The first-order chi connectivity index (χ1) is 17.5. The number of non-ortho nitro benzene ring substituents is 1. The molecule has 0 heterocycles. The average molecular weight is 530 g/mol. The van der Waals surface area contributed by atoms with E-state index in [1.54, 1.807) is 19.1 Å². The number of carbonyl (C=O) groups excluding carboxylic acids is 1. The highest BCUT2D eigenvalue weighted by atomic mass is 32.2. The normalized spacial score (nSPS) is 12.9. The summed E-state index contributed by atoms with van der Waals surface area (Å²) in [5, 5.41) is 22.9. The first-order valence-electron chi connectivity index (χ1n) is 11.0. The van der Waals surface area contributed by atoms with Crippen molar-refractivity contribution < 1.29 is 32.4 Å². The molecule has 0 saturated heterocycles. The van der Waals surface area contributed by atoms with Gasteiger partial charge in [0.2, 0.25) is 15.9 Å². The van der Waals surface area contributed by atoms with Gasteiger partial charge in [-0.25, -0.2) is 17.6 Å². The minimum atomic E-state index is -4.20. The Balaban J connectivity index is 1.88. The zero-order valence-electron chi connectivity index (χ0n) is 19.6. The zero-order chi connectivity index (χ0) is 27.2. The summed E-state index contributed by atoms with van der Waals surface area (Å²) in [5.74, 6) is -2.79. The lowest BCUT2D eigenvalue weighted by molar-refractivity contribution is -0.384. The maximum absolute atomic E-state index is 13.2. The van der Waals surface area contributed by atoms with Crippen LogP contribution in [0.5, 0.6) is 0 Å². The molecule has 3 aromatic rings. The fourth-order valence-electron chi connectivity index (χ4n) is 3.61. The van der Waals surface area contributed by atoms with E-state index in [0.29, 0.717) is 16.7 Å². The monoisotopic (exact) mass is 529 g/mol. The highest BCUT2D eigenvalue weighted by Gasteiger charge is 2.30. The van der Waals surface area contributed by atoms with Gasteiger partial charge in [-0.3, -0.25) is 14.9 Å². The van der Waals surface area contributed by atoms with Gasteiger partial charge in [-0.15, -0.1) is 0 Å². The lowest BCUT2D eigenvalue weighted by Crippen LogP contribution is -2.53. The number of nitro benzene ring substituents is 1. The van der Waals surface area contributed by atoms with Crippen LogP contribution in [0, 0.1) is 22.9 Å². The van der Waals surface area contributed by atoms with Gasteiger partial charge in [-0.1, -0.05) is 42.5 Å². The highest BCUT2D eigenvalue weighted by Crippen LogP contribution is 2.17. The fraction of sp³-hybridized carbons (Fsp3) is 0.200. The van der Waals surface area contributed by atoms with Gasteiger partial charge in [-0.05, 0) is 48.2 Å². The van der Waals surface area contributed by atoms with E-state index in [1.807, 2.05) is 0 Å². The molecule has 0 aliphatic heterocycles. The van der Waals surface area contributed by atoms with Gasteiger partial charge in [0.15, 0.2) is 0 Å². The third-order valence-corrected chi connectivity index (χ3v) is 7.18. The summed E-state index contributed by atoms with van der Waals surface area (Å²) in [7, 11) is -4.20. The fourth-order valence-corrected chi connectivity index (χ4v) is 5.06. The third-order valence-electron chi connectivity index (χ3n) is 5.55. The number of sulfonamides is 1. The lowest BCUT2D eigenvalue weighted by Gasteiger charge is -2.22. The Bertz CT molecular complexity index is 1390. The van der Waals surface area contributed by atoms with E-state index in [1.165, 1.54) is 48.5 Å². The molecule has 0 aliphatic rings. The first-order valence-corrected chi connectivity index (χ1v) is 12.5. The number of hydrogen-bond acceptors (Lipinski definition) is 6. The molecule has 0 fully saturated rings. The van der Waals surface area contributed by atoms with Crippen molar-refractivity contribution in [2.24, 2.45) is 0 Å². The number of nitro groups is 1. The van der Waals surface area contributed by atoms with Crippen molar-refractivity contribution in [2.45, 2.75) is 36.7 Å². The van der Waals surface area contributed by atoms with Gasteiger partial charge < -0.3 is 10.4 Å². The number of aryl methyl sites for hydroxylation is 1. The van der Waals surface area contributed by atoms with Crippen molar-refractivity contribution in [3.05, 3.63) is 105 Å². The summed E-state index contributed by atoms with van der Waals surface area (Å²) in [4.78, 5) is 35.3. The Labute approximate surface area is 212 Å². The summed E-state index contributed by atoms with van der Waals surface area (Å²) in [6.45, 7) is 1.59. The average Bonchev–Trinajstić information content (AvgIpc) is 2.84. The Hall–Kier alpha value is -4.16. The van der Waals surface area contributed by atoms with Crippen LogP contribution in [0.15, 0.2) is 77.7 Å². The van der Waals surface area contributed by atoms with Crippen LogP contribution >= 0.6 is 0 Å². The molecular weight excluding hydrogens is 505 g/mol. The molecule has 3 N–H and O–H groups in total. The third kappa shape index (κ3) is 7.41. The Morgan fingerprint density at radius 1 is 0.946 bits per heavy atom. The van der Waals surface area contributed by atoms with Crippen LogP contribution in [0.4, 0.5) is 10.1 Å². The topological polar surface area (TPSA) is 156 Å². The predicted octanol–water partition coefficient (Wildman–Crippen LogP) is 2.74. The number of amides is 1. The van der Waals surface area contributed by atoms with Crippen LogP contribution in [0.2, 0.25) is 0 Å². The second-order valence-corrected chi connectivity index (χ2v) is 9.98. The van der Waals surface area contributed by atoms with Gasteiger partial charge in [-0.2, -0.15) is 4.72 Å². The zero-order valence-corrected chi connectivity index (χ0v) is 20.4. The van der Waals surface area contributed by atoms with E-state index in [2.05, 4.69) is 10.0 Å². The molecule has 0 aliphatic carbocycles. The van der Waals surface area contributed by atoms with Crippen molar-refractivity contribution in [3.63, 3.8) is 0 Å². The minimum absolute atomic E-state index is 0.0578. The van der Waals surface area contributed by atoms with Gasteiger partial charge in [0.1, 0.15) is 17.9 Å². The van der Waals surface area contributed by atoms with Crippen LogP contribution in [0.25, 0.3) is 0 Å². The number of carboxylic acid groups (broad SMARTS) is 1. The number of nitrogens with zero attached hydrogens (tertiary/aromatic N) is 1. The van der Waals surface area contributed by atoms with Crippen LogP contribution in [0.3, 0.4) is 0 Å². The molecule has 0 unspecified atom stereocenters. The lowest BCUT2D eigenvalue weighted by atomic mass is 10.0. The van der Waals surface area contributed by atoms with Crippen LogP contribution in [0.1, 0.15) is 16.7 Å². The smallest absolute Gasteiger partial charge is 0.326 e. The number of nitrogens with one attached hydrogen (secondary N) is 2. The molecule has 0 spiro atoms. The van der Waals surface area contributed by atoms with Crippen molar-refractivity contribution >= 4 is 27.6 Å². The Kier molecular flexibility index (Phi) is 8.69. The molecule has 0 aromatic heterocycles. The second kappa shape index (κ2) is 11.7. The maximum atomic E-state index is 13.2. The van der Waals surface area contributed by atoms with E-state index in [4.69, 9.17) is 0 Å². The van der Waals surface area contributed by atoms with Crippen LogP contribution in [-0.2, 0) is 32.5 Å². The molecule has 12 heteroatoms. The summed E-state index contributed by atoms with van der Waals surface area (Å²) in [5.41, 5.74) is 1.10. The van der Waals surface area contributed by atoms with Crippen molar-refractivity contribution in [3.8, 4) is 0 Å². The number of aliphatic carboxylic acids is 1. The van der Waals surface area contributed by atoms with Gasteiger partial charge in [0, 0.05) is 18.6 Å². The Morgan fingerprint density at radius 3 is 2.03 bits per heavy atom. The van der Waals surface area contributed by atoms with E-state index in [9.17, 15) is 37.6 Å². The van der Waals surface area contributed by atoms with E-state index < -0.39 is 44.7 Å². The minimum Gasteiger partial charge on any atom is -0.480 e. The molecule has 1 amide bonds. The number of rotatable bonds is 11. The van der Waals surface area contributed by atoms with Crippen molar-refractivity contribution in [2.75, 3.05) is 0 Å². The summed E-state index contributed by atoms with van der Waals surface area (Å²) >= 11 is 0.